The van der Waals surface area contributed by atoms with Gasteiger partial charge in [0.2, 0.25) is 0 Å². The van der Waals surface area contributed by atoms with Crippen molar-refractivity contribution >= 4 is 32.9 Å². The second-order valence-corrected chi connectivity index (χ2v) is 5.83. The Bertz CT molecular complexity index is 996. The minimum absolute atomic E-state index is 0.0416. The van der Waals surface area contributed by atoms with E-state index in [0.717, 1.165) is 6.07 Å². The van der Waals surface area contributed by atoms with Crippen molar-refractivity contribution in [3.05, 3.63) is 74.3 Å². The van der Waals surface area contributed by atoms with Crippen LogP contribution in [0.25, 0.3) is 11.0 Å². The second-order valence-electron chi connectivity index (χ2n) is 4.97. The summed E-state index contributed by atoms with van der Waals surface area (Å²) in [6.45, 7) is -0.200. The molecule has 0 amide bonds. The lowest BCUT2D eigenvalue weighted by atomic mass is 10.1. The number of benzene rings is 2. The molecule has 1 aromatic heterocycles. The molecule has 0 unspecified atom stereocenters. The maximum absolute atomic E-state index is 13.3. The Morgan fingerprint density at radius 3 is 2.79 bits per heavy atom. The number of rotatable bonds is 3. The molecule has 0 fully saturated rings. The molecule has 0 aliphatic rings. The molecule has 0 atom stereocenters. The van der Waals surface area contributed by atoms with Gasteiger partial charge in [0.05, 0.1) is 5.56 Å². The van der Waals surface area contributed by atoms with Crippen LogP contribution in [0, 0.1) is 5.82 Å². The SMILES string of the molecule is O=C(OCc1cc(=O)oc2cc(O)ccc12)c1cc(F)ccc1Br. The van der Waals surface area contributed by atoms with Gasteiger partial charge in [0.1, 0.15) is 23.8 Å². The smallest absolute Gasteiger partial charge is 0.339 e. The van der Waals surface area contributed by atoms with Crippen LogP contribution < -0.4 is 5.63 Å². The highest BCUT2D eigenvalue weighted by molar-refractivity contribution is 9.10. The summed E-state index contributed by atoms with van der Waals surface area (Å²) < 4.78 is 23.8. The fourth-order valence-electron chi connectivity index (χ4n) is 2.21. The summed E-state index contributed by atoms with van der Waals surface area (Å²) in [6.07, 6.45) is 0. The first-order valence-electron chi connectivity index (χ1n) is 6.82. The van der Waals surface area contributed by atoms with Crippen molar-refractivity contribution in [1.29, 1.82) is 0 Å². The quantitative estimate of drug-likeness (QED) is 0.542. The van der Waals surface area contributed by atoms with Crippen molar-refractivity contribution in [2.75, 3.05) is 0 Å². The van der Waals surface area contributed by atoms with E-state index < -0.39 is 17.4 Å². The summed E-state index contributed by atoms with van der Waals surface area (Å²) >= 11 is 3.16. The van der Waals surface area contributed by atoms with Gasteiger partial charge in [-0.25, -0.2) is 14.0 Å². The number of esters is 1. The summed E-state index contributed by atoms with van der Waals surface area (Å²) in [5.41, 5.74) is 0.00797. The number of halogens is 2. The molecule has 2 aromatic carbocycles. The number of aromatic hydroxyl groups is 1. The van der Waals surface area contributed by atoms with Gasteiger partial charge in [-0.2, -0.15) is 0 Å². The van der Waals surface area contributed by atoms with Crippen molar-refractivity contribution < 1.29 is 23.4 Å². The van der Waals surface area contributed by atoms with Crippen LogP contribution in [-0.2, 0) is 11.3 Å². The largest absolute Gasteiger partial charge is 0.508 e. The van der Waals surface area contributed by atoms with E-state index in [1.165, 1.54) is 30.3 Å². The Balaban J connectivity index is 1.89. The Hall–Kier alpha value is -2.67. The molecular weight excluding hydrogens is 383 g/mol. The van der Waals surface area contributed by atoms with E-state index in [4.69, 9.17) is 9.15 Å². The van der Waals surface area contributed by atoms with Gasteiger partial charge in [-0.05, 0) is 46.3 Å². The molecule has 0 saturated heterocycles. The topological polar surface area (TPSA) is 76.7 Å². The van der Waals surface area contributed by atoms with Crippen LogP contribution in [0.5, 0.6) is 5.75 Å². The summed E-state index contributed by atoms with van der Waals surface area (Å²) in [4.78, 5) is 23.7. The Morgan fingerprint density at radius 2 is 2.00 bits per heavy atom. The molecule has 1 heterocycles. The number of phenols is 1. The van der Waals surface area contributed by atoms with Crippen molar-refractivity contribution in [3.63, 3.8) is 0 Å². The highest BCUT2D eigenvalue weighted by Gasteiger charge is 2.14. The normalized spacial score (nSPS) is 10.8. The molecule has 0 spiro atoms. The third kappa shape index (κ3) is 3.30. The molecule has 3 rings (SSSR count). The highest BCUT2D eigenvalue weighted by Crippen LogP contribution is 2.23. The first-order chi connectivity index (χ1) is 11.4. The molecule has 0 radical (unpaired) electrons. The number of carbonyl (C=O) groups excluding carboxylic acids is 1. The molecule has 0 aliphatic heterocycles. The lowest BCUT2D eigenvalue weighted by Gasteiger charge is -2.08. The van der Waals surface area contributed by atoms with Crippen LogP contribution in [0.15, 0.2) is 56.1 Å². The summed E-state index contributed by atoms with van der Waals surface area (Å²) in [7, 11) is 0. The van der Waals surface area contributed by atoms with Gasteiger partial charge in [0.25, 0.3) is 0 Å². The number of carbonyl (C=O) groups is 1. The third-order valence-corrected chi connectivity index (χ3v) is 4.01. The highest BCUT2D eigenvalue weighted by atomic mass is 79.9. The average Bonchev–Trinajstić information content (AvgIpc) is 2.54. The van der Waals surface area contributed by atoms with Crippen LogP contribution in [0.1, 0.15) is 15.9 Å². The van der Waals surface area contributed by atoms with Crippen molar-refractivity contribution in [2.45, 2.75) is 6.61 Å². The maximum atomic E-state index is 13.3. The van der Waals surface area contributed by atoms with Gasteiger partial charge in [-0.3, -0.25) is 0 Å². The zero-order valence-corrected chi connectivity index (χ0v) is 13.7. The minimum atomic E-state index is -0.735. The van der Waals surface area contributed by atoms with Gasteiger partial charge < -0.3 is 14.3 Å². The maximum Gasteiger partial charge on any atom is 0.339 e. The van der Waals surface area contributed by atoms with Crippen molar-refractivity contribution in [2.24, 2.45) is 0 Å². The van der Waals surface area contributed by atoms with Gasteiger partial charge in [0, 0.05) is 27.6 Å². The van der Waals surface area contributed by atoms with Crippen LogP contribution >= 0.6 is 15.9 Å². The van der Waals surface area contributed by atoms with Gasteiger partial charge in [0.15, 0.2) is 0 Å². The fraction of sp³-hybridized carbons (Fsp3) is 0.0588. The summed E-state index contributed by atoms with van der Waals surface area (Å²) in [5, 5.41) is 9.97. The monoisotopic (exact) mass is 392 g/mol. The number of ether oxygens (including phenoxy) is 1. The molecule has 3 aromatic rings. The number of hydrogen-bond donors (Lipinski definition) is 1. The third-order valence-electron chi connectivity index (χ3n) is 3.32. The number of fused-ring (bicyclic) bond motifs is 1. The van der Waals surface area contributed by atoms with Crippen LogP contribution in [0.3, 0.4) is 0 Å². The Kier molecular flexibility index (Phi) is 4.35. The average molecular weight is 393 g/mol. The molecule has 122 valence electrons. The molecule has 0 aliphatic carbocycles. The van der Waals surface area contributed by atoms with Crippen molar-refractivity contribution in [1.82, 2.24) is 0 Å². The molecule has 24 heavy (non-hydrogen) atoms. The van der Waals surface area contributed by atoms with Gasteiger partial charge in [-0.1, -0.05) is 0 Å². The molecule has 5 nitrogen and oxygen atoms in total. The molecular formula is C17H10BrFO5. The predicted octanol–water partition coefficient (Wildman–Crippen LogP) is 3.76. The zero-order chi connectivity index (χ0) is 17.3. The Labute approximate surface area is 143 Å². The number of phenolic OH excluding ortho intramolecular Hbond substituents is 1. The first-order valence-corrected chi connectivity index (χ1v) is 7.61. The van der Waals surface area contributed by atoms with Crippen LogP contribution in [0.4, 0.5) is 4.39 Å². The minimum Gasteiger partial charge on any atom is -0.508 e. The van der Waals surface area contributed by atoms with E-state index in [0.29, 0.717) is 15.4 Å². The van der Waals surface area contributed by atoms with Gasteiger partial charge in [-0.15, -0.1) is 0 Å². The molecule has 0 bridgehead atoms. The van der Waals surface area contributed by atoms with E-state index in [9.17, 15) is 19.1 Å². The van der Waals surface area contributed by atoms with Gasteiger partial charge >= 0.3 is 11.6 Å². The number of hydrogen-bond acceptors (Lipinski definition) is 5. The lowest BCUT2D eigenvalue weighted by Crippen LogP contribution is -2.09. The van der Waals surface area contributed by atoms with E-state index in [-0.39, 0.29) is 23.5 Å². The first kappa shape index (κ1) is 16.2. The predicted molar refractivity (Wildman–Crippen MR) is 87.4 cm³/mol. The van der Waals surface area contributed by atoms with E-state index in [2.05, 4.69) is 15.9 Å². The second kappa shape index (κ2) is 6.45. The van der Waals surface area contributed by atoms with E-state index in [1.807, 2.05) is 0 Å². The van der Waals surface area contributed by atoms with Crippen LogP contribution in [0.2, 0.25) is 0 Å². The summed E-state index contributed by atoms with van der Waals surface area (Å²) in [6, 6.07) is 9.15. The zero-order valence-electron chi connectivity index (χ0n) is 12.1. The molecule has 1 N–H and O–H groups in total. The van der Waals surface area contributed by atoms with Crippen LogP contribution in [-0.4, -0.2) is 11.1 Å². The van der Waals surface area contributed by atoms with E-state index >= 15 is 0 Å². The standard InChI is InChI=1S/C17H10BrFO5/c18-14-4-1-10(19)6-13(14)17(22)23-8-9-5-16(21)24-15-7-11(20)2-3-12(9)15/h1-7,20H,8H2. The van der Waals surface area contributed by atoms with E-state index in [1.54, 1.807) is 6.07 Å². The lowest BCUT2D eigenvalue weighted by molar-refractivity contribution is 0.0472. The van der Waals surface area contributed by atoms with Crippen molar-refractivity contribution in [3.8, 4) is 5.75 Å². The fourth-order valence-corrected chi connectivity index (χ4v) is 2.62. The Morgan fingerprint density at radius 1 is 1.21 bits per heavy atom. The molecule has 0 saturated carbocycles. The molecule has 7 heteroatoms. The summed E-state index contributed by atoms with van der Waals surface area (Å²) in [5.74, 6) is -1.35.